The summed E-state index contributed by atoms with van der Waals surface area (Å²) in [7, 11) is 0. The Balaban J connectivity index is 1.31. The van der Waals surface area contributed by atoms with Crippen molar-refractivity contribution in [1.29, 1.82) is 0 Å². The second kappa shape index (κ2) is 8.94. The van der Waals surface area contributed by atoms with Gasteiger partial charge in [-0.25, -0.2) is 4.98 Å². The Morgan fingerprint density at radius 2 is 1.69 bits per heavy atom. The Labute approximate surface area is 191 Å². The highest BCUT2D eigenvalue weighted by molar-refractivity contribution is 7.19. The zero-order valence-electron chi connectivity index (χ0n) is 18.5. The number of H-pyrrole nitrogens is 1. The Bertz CT molecular complexity index is 1270. The molecule has 32 heavy (non-hydrogen) atoms. The molecule has 1 N–H and O–H groups in total. The quantitative estimate of drug-likeness (QED) is 0.503. The fraction of sp³-hybridized carbons (Fsp3) is 0.320. The maximum atomic E-state index is 13.0. The third-order valence-corrected chi connectivity index (χ3v) is 7.08. The molecule has 164 valence electrons. The highest BCUT2D eigenvalue weighted by Crippen LogP contribution is 2.35. The van der Waals surface area contributed by atoms with Gasteiger partial charge in [0.05, 0.1) is 17.6 Å². The lowest BCUT2D eigenvalue weighted by molar-refractivity contribution is 0.119. The monoisotopic (exact) mass is 445 g/mol. The summed E-state index contributed by atoms with van der Waals surface area (Å²) in [6, 6.07) is 14.4. The van der Waals surface area contributed by atoms with Crippen LogP contribution in [0.15, 0.2) is 53.5 Å². The molecule has 0 unspecified atom stereocenters. The van der Waals surface area contributed by atoms with E-state index in [0.29, 0.717) is 11.9 Å². The third kappa shape index (κ3) is 4.37. The van der Waals surface area contributed by atoms with Crippen LogP contribution in [0.4, 0.5) is 0 Å². The summed E-state index contributed by atoms with van der Waals surface area (Å²) in [6.07, 6.45) is 1.85. The van der Waals surface area contributed by atoms with Gasteiger partial charge in [-0.3, -0.25) is 19.6 Å². The van der Waals surface area contributed by atoms with Gasteiger partial charge < -0.3 is 4.98 Å². The molecule has 0 aliphatic carbocycles. The number of nitrogens with one attached hydrogen (secondary N) is 1. The molecule has 7 heteroatoms. The summed E-state index contributed by atoms with van der Waals surface area (Å²) in [5.41, 5.74) is 4.35. The standard InChI is InChI=1S/C25H27N5OS/c1-17-6-8-19(9-7-17)22-18(2)32-25-23(22)24(31)27-21(28-25)16-30-13-11-29(12-14-30)15-20-5-3-4-10-26-20/h3-10H,11-16H2,1-2H3,(H,27,28,31). The van der Waals surface area contributed by atoms with Gasteiger partial charge in [0.2, 0.25) is 0 Å². The molecular weight excluding hydrogens is 418 g/mol. The number of aromatic nitrogens is 3. The van der Waals surface area contributed by atoms with E-state index >= 15 is 0 Å². The van der Waals surface area contributed by atoms with Crippen molar-refractivity contribution in [3.63, 3.8) is 0 Å². The summed E-state index contributed by atoms with van der Waals surface area (Å²) in [6.45, 7) is 9.56. The largest absolute Gasteiger partial charge is 0.309 e. The van der Waals surface area contributed by atoms with Gasteiger partial charge in [0.1, 0.15) is 10.7 Å². The number of benzene rings is 1. The lowest BCUT2D eigenvalue weighted by Crippen LogP contribution is -2.45. The number of thiophene rings is 1. The van der Waals surface area contributed by atoms with Crippen LogP contribution < -0.4 is 5.56 Å². The molecule has 4 aromatic rings. The van der Waals surface area contributed by atoms with E-state index in [1.54, 1.807) is 11.3 Å². The fourth-order valence-corrected chi connectivity index (χ4v) is 5.41. The number of piperazine rings is 1. The predicted octanol–water partition coefficient (Wildman–Crippen LogP) is 3.98. The molecular formula is C25H27N5OS. The molecule has 0 spiro atoms. The Morgan fingerprint density at radius 3 is 2.38 bits per heavy atom. The van der Waals surface area contributed by atoms with Gasteiger partial charge >= 0.3 is 0 Å². The van der Waals surface area contributed by atoms with Crippen LogP contribution in [0.2, 0.25) is 0 Å². The first-order chi connectivity index (χ1) is 15.6. The molecule has 5 rings (SSSR count). The second-order valence-corrected chi connectivity index (χ2v) is 9.67. The molecule has 4 heterocycles. The predicted molar refractivity (Wildman–Crippen MR) is 130 cm³/mol. The van der Waals surface area contributed by atoms with Crippen molar-refractivity contribution in [2.75, 3.05) is 26.2 Å². The van der Waals surface area contributed by atoms with Crippen LogP contribution >= 0.6 is 11.3 Å². The number of rotatable bonds is 5. The minimum atomic E-state index is -0.0429. The Hall–Kier alpha value is -2.87. The summed E-state index contributed by atoms with van der Waals surface area (Å²) in [5.74, 6) is 0.748. The molecule has 0 amide bonds. The molecule has 0 radical (unpaired) electrons. The van der Waals surface area contributed by atoms with E-state index < -0.39 is 0 Å². The fourth-order valence-electron chi connectivity index (χ4n) is 4.34. The van der Waals surface area contributed by atoms with Crippen molar-refractivity contribution in [2.45, 2.75) is 26.9 Å². The van der Waals surface area contributed by atoms with Gasteiger partial charge in [-0.1, -0.05) is 35.9 Å². The number of aryl methyl sites for hydroxylation is 2. The highest BCUT2D eigenvalue weighted by Gasteiger charge is 2.20. The average Bonchev–Trinajstić information content (AvgIpc) is 3.13. The zero-order valence-corrected chi connectivity index (χ0v) is 19.3. The number of aromatic amines is 1. The van der Waals surface area contributed by atoms with Gasteiger partial charge in [-0.2, -0.15) is 0 Å². The van der Waals surface area contributed by atoms with Gasteiger partial charge in [0.15, 0.2) is 0 Å². The van der Waals surface area contributed by atoms with Crippen LogP contribution in [-0.4, -0.2) is 50.9 Å². The van der Waals surface area contributed by atoms with E-state index in [0.717, 1.165) is 65.1 Å². The van der Waals surface area contributed by atoms with Crippen LogP contribution in [0, 0.1) is 13.8 Å². The lowest BCUT2D eigenvalue weighted by Gasteiger charge is -2.34. The molecule has 1 aliphatic heterocycles. The summed E-state index contributed by atoms with van der Waals surface area (Å²) < 4.78 is 0. The third-order valence-electron chi connectivity index (χ3n) is 6.08. The van der Waals surface area contributed by atoms with E-state index in [9.17, 15) is 4.79 Å². The number of hydrogen-bond acceptors (Lipinski definition) is 6. The van der Waals surface area contributed by atoms with Crippen molar-refractivity contribution in [2.24, 2.45) is 0 Å². The topological polar surface area (TPSA) is 65.1 Å². The maximum Gasteiger partial charge on any atom is 0.260 e. The van der Waals surface area contributed by atoms with Crippen molar-refractivity contribution < 1.29 is 0 Å². The molecule has 6 nitrogen and oxygen atoms in total. The normalized spacial score (nSPS) is 15.4. The minimum Gasteiger partial charge on any atom is -0.309 e. The van der Waals surface area contributed by atoms with Crippen molar-refractivity contribution in [1.82, 2.24) is 24.8 Å². The first-order valence-corrected chi connectivity index (χ1v) is 11.8. The summed E-state index contributed by atoms with van der Waals surface area (Å²) in [5, 5.41) is 0.709. The maximum absolute atomic E-state index is 13.0. The van der Waals surface area contributed by atoms with Crippen LogP contribution in [-0.2, 0) is 13.1 Å². The molecule has 1 saturated heterocycles. The van der Waals surface area contributed by atoms with E-state index in [2.05, 4.69) is 63.9 Å². The SMILES string of the molecule is Cc1ccc(-c2c(C)sc3nc(CN4CCN(Cc5ccccn5)CC4)[nH]c(=O)c23)cc1. The Morgan fingerprint density at radius 1 is 0.969 bits per heavy atom. The number of fused-ring (bicyclic) bond motifs is 1. The van der Waals surface area contributed by atoms with Crippen LogP contribution in [0.3, 0.4) is 0 Å². The summed E-state index contributed by atoms with van der Waals surface area (Å²) in [4.78, 5) is 32.1. The van der Waals surface area contributed by atoms with Gasteiger partial charge in [-0.15, -0.1) is 11.3 Å². The van der Waals surface area contributed by atoms with Crippen LogP contribution in [0.25, 0.3) is 21.3 Å². The van der Waals surface area contributed by atoms with Gasteiger partial charge in [0, 0.05) is 49.4 Å². The molecule has 0 bridgehead atoms. The second-order valence-electron chi connectivity index (χ2n) is 8.47. The van der Waals surface area contributed by atoms with E-state index in [1.807, 2.05) is 18.3 Å². The van der Waals surface area contributed by atoms with Crippen LogP contribution in [0.1, 0.15) is 22.0 Å². The molecule has 1 fully saturated rings. The van der Waals surface area contributed by atoms with Crippen LogP contribution in [0.5, 0.6) is 0 Å². The first kappa shape index (κ1) is 21.0. The minimum absolute atomic E-state index is 0.0429. The first-order valence-electron chi connectivity index (χ1n) is 11.0. The van der Waals surface area contributed by atoms with Crippen molar-refractivity contribution in [3.05, 3.63) is 81.0 Å². The average molecular weight is 446 g/mol. The molecule has 1 aromatic carbocycles. The lowest BCUT2D eigenvalue weighted by atomic mass is 10.0. The zero-order chi connectivity index (χ0) is 22.1. The highest BCUT2D eigenvalue weighted by atomic mass is 32.1. The number of pyridine rings is 1. The van der Waals surface area contributed by atoms with Gasteiger partial charge in [0.25, 0.3) is 5.56 Å². The molecule has 0 saturated carbocycles. The van der Waals surface area contributed by atoms with E-state index in [4.69, 9.17) is 4.98 Å². The molecule has 0 atom stereocenters. The van der Waals surface area contributed by atoms with E-state index in [1.165, 1.54) is 5.56 Å². The number of hydrogen-bond donors (Lipinski definition) is 1. The van der Waals surface area contributed by atoms with Gasteiger partial charge in [-0.05, 0) is 31.5 Å². The van der Waals surface area contributed by atoms with E-state index in [-0.39, 0.29) is 5.56 Å². The van der Waals surface area contributed by atoms with Crippen molar-refractivity contribution >= 4 is 21.6 Å². The smallest absolute Gasteiger partial charge is 0.260 e. The van der Waals surface area contributed by atoms with Crippen molar-refractivity contribution in [3.8, 4) is 11.1 Å². The molecule has 3 aromatic heterocycles. The number of nitrogens with zero attached hydrogens (tertiary/aromatic N) is 4. The summed E-state index contributed by atoms with van der Waals surface area (Å²) >= 11 is 1.60. The molecule has 1 aliphatic rings. The Kier molecular flexibility index (Phi) is 5.87.